The maximum Gasteiger partial charge on any atom is 0.244 e. The van der Waals surface area contributed by atoms with E-state index in [1.165, 1.54) is 0 Å². The normalized spacial score (nSPS) is 11.4. The maximum atomic E-state index is 6.45. The fourth-order valence-corrected chi connectivity index (χ4v) is 3.82. The Morgan fingerprint density at radius 1 is 0.871 bits per heavy atom. The van der Waals surface area contributed by atoms with Gasteiger partial charge in [-0.2, -0.15) is 5.10 Å². The first-order chi connectivity index (χ1) is 15.2. The van der Waals surface area contributed by atoms with Crippen molar-refractivity contribution in [3.05, 3.63) is 88.1 Å². The molecule has 0 fully saturated rings. The van der Waals surface area contributed by atoms with E-state index in [2.05, 4.69) is 41.4 Å². The van der Waals surface area contributed by atoms with Gasteiger partial charge < -0.3 is 0 Å². The highest BCUT2D eigenvalue weighted by Crippen LogP contribution is 2.33. The molecule has 0 atom stereocenters. The van der Waals surface area contributed by atoms with Crippen LogP contribution in [0.3, 0.4) is 0 Å². The van der Waals surface area contributed by atoms with Gasteiger partial charge in [0.15, 0.2) is 0 Å². The van der Waals surface area contributed by atoms with Gasteiger partial charge in [-0.3, -0.25) is 9.97 Å². The molecule has 0 radical (unpaired) electrons. The number of halogens is 2. The second-order valence-electron chi connectivity index (χ2n) is 6.71. The Hall–Kier alpha value is -3.42. The predicted molar refractivity (Wildman–Crippen MR) is 128 cm³/mol. The van der Waals surface area contributed by atoms with Gasteiger partial charge in [0.1, 0.15) is 0 Å². The maximum absolute atomic E-state index is 6.45. The largest absolute Gasteiger partial charge is 0.253 e. The molecule has 6 nitrogen and oxygen atoms in total. The Labute approximate surface area is 191 Å². The molecule has 150 valence electrons. The Kier molecular flexibility index (Phi) is 5.28. The topological polar surface area (TPSA) is 76.0 Å². The standard InChI is InChI=1S/C23H14BrClN6/c24-15-6-8-19-17(12-15)22(16-3-1-2-4-18(16)25)30-23(29-19)31-28-13-14-5-7-20-21(11-14)27-10-9-26-20/h1-13H,(H,29,30,31)/b28-13+. The summed E-state index contributed by atoms with van der Waals surface area (Å²) in [5, 5.41) is 5.82. The van der Waals surface area contributed by atoms with Crippen molar-refractivity contribution in [2.45, 2.75) is 0 Å². The molecule has 31 heavy (non-hydrogen) atoms. The molecule has 0 aliphatic carbocycles. The minimum absolute atomic E-state index is 0.376. The third-order valence-electron chi connectivity index (χ3n) is 4.66. The minimum Gasteiger partial charge on any atom is -0.253 e. The van der Waals surface area contributed by atoms with E-state index in [-0.39, 0.29) is 0 Å². The highest BCUT2D eigenvalue weighted by Gasteiger charge is 2.12. The van der Waals surface area contributed by atoms with Crippen LogP contribution in [0.5, 0.6) is 0 Å². The van der Waals surface area contributed by atoms with Gasteiger partial charge in [0.2, 0.25) is 5.95 Å². The first-order valence-electron chi connectivity index (χ1n) is 9.39. The first kappa shape index (κ1) is 19.5. The second kappa shape index (κ2) is 8.37. The van der Waals surface area contributed by atoms with Crippen LogP contribution in [0.2, 0.25) is 5.02 Å². The Balaban J connectivity index is 1.51. The van der Waals surface area contributed by atoms with Crippen molar-refractivity contribution in [1.82, 2.24) is 19.9 Å². The number of fused-ring (bicyclic) bond motifs is 2. The third kappa shape index (κ3) is 4.10. The van der Waals surface area contributed by atoms with Gasteiger partial charge in [-0.1, -0.05) is 51.8 Å². The first-order valence-corrected chi connectivity index (χ1v) is 10.6. The number of nitrogens with one attached hydrogen (secondary N) is 1. The molecular weight excluding hydrogens is 476 g/mol. The van der Waals surface area contributed by atoms with Crippen molar-refractivity contribution in [3.8, 4) is 11.3 Å². The molecule has 2 heterocycles. The lowest BCUT2D eigenvalue weighted by Crippen LogP contribution is -2.00. The summed E-state index contributed by atoms with van der Waals surface area (Å²) in [4.78, 5) is 17.9. The van der Waals surface area contributed by atoms with Crippen LogP contribution in [0.1, 0.15) is 5.56 Å². The lowest BCUT2D eigenvalue weighted by molar-refractivity contribution is 1.16. The highest BCUT2D eigenvalue weighted by atomic mass is 79.9. The Morgan fingerprint density at radius 2 is 1.68 bits per heavy atom. The van der Waals surface area contributed by atoms with Gasteiger partial charge in [0.05, 0.1) is 28.5 Å². The fraction of sp³-hybridized carbons (Fsp3) is 0. The number of hydrazone groups is 1. The minimum atomic E-state index is 0.376. The number of rotatable bonds is 4. The summed E-state index contributed by atoms with van der Waals surface area (Å²) in [5.41, 5.74) is 7.80. The van der Waals surface area contributed by atoms with Crippen LogP contribution in [-0.4, -0.2) is 26.2 Å². The molecule has 0 spiro atoms. The van der Waals surface area contributed by atoms with Crippen LogP contribution in [0.15, 0.2) is 82.6 Å². The lowest BCUT2D eigenvalue weighted by Gasteiger charge is -2.10. The molecule has 0 saturated heterocycles. The average molecular weight is 490 g/mol. The zero-order valence-corrected chi connectivity index (χ0v) is 18.3. The zero-order chi connectivity index (χ0) is 21.2. The van der Waals surface area contributed by atoms with Crippen LogP contribution < -0.4 is 5.43 Å². The smallest absolute Gasteiger partial charge is 0.244 e. The Bertz CT molecular complexity index is 1450. The van der Waals surface area contributed by atoms with E-state index >= 15 is 0 Å². The van der Waals surface area contributed by atoms with Gasteiger partial charge in [-0.25, -0.2) is 15.4 Å². The molecule has 0 unspecified atom stereocenters. The van der Waals surface area contributed by atoms with E-state index < -0.39 is 0 Å². The summed E-state index contributed by atoms with van der Waals surface area (Å²) in [6, 6.07) is 19.2. The summed E-state index contributed by atoms with van der Waals surface area (Å²) in [7, 11) is 0. The third-order valence-corrected chi connectivity index (χ3v) is 5.48. The average Bonchev–Trinajstić information content (AvgIpc) is 2.79. The number of hydrogen-bond acceptors (Lipinski definition) is 6. The van der Waals surface area contributed by atoms with Gasteiger partial charge in [-0.05, 0) is 42.0 Å². The Morgan fingerprint density at radius 3 is 2.55 bits per heavy atom. The second-order valence-corrected chi connectivity index (χ2v) is 8.03. The number of nitrogens with zero attached hydrogens (tertiary/aromatic N) is 5. The highest BCUT2D eigenvalue weighted by molar-refractivity contribution is 9.10. The molecule has 0 amide bonds. The molecule has 0 aliphatic rings. The summed E-state index contributed by atoms with van der Waals surface area (Å²) >= 11 is 9.97. The summed E-state index contributed by atoms with van der Waals surface area (Å²) in [6.45, 7) is 0. The fourth-order valence-electron chi connectivity index (χ4n) is 3.23. The van der Waals surface area contributed by atoms with Gasteiger partial charge in [-0.15, -0.1) is 0 Å². The molecule has 3 aromatic carbocycles. The molecule has 0 saturated carbocycles. The van der Waals surface area contributed by atoms with E-state index in [0.717, 1.165) is 43.2 Å². The van der Waals surface area contributed by atoms with E-state index in [1.807, 2.05) is 60.7 Å². The zero-order valence-electron chi connectivity index (χ0n) is 16.0. The molecule has 8 heteroatoms. The van der Waals surface area contributed by atoms with Gasteiger partial charge >= 0.3 is 0 Å². The van der Waals surface area contributed by atoms with E-state index in [4.69, 9.17) is 16.6 Å². The van der Waals surface area contributed by atoms with Crippen LogP contribution in [0.25, 0.3) is 33.2 Å². The molecular formula is C23H14BrClN6. The van der Waals surface area contributed by atoms with Crippen molar-refractivity contribution in [3.63, 3.8) is 0 Å². The summed E-state index contributed by atoms with van der Waals surface area (Å²) < 4.78 is 0.940. The van der Waals surface area contributed by atoms with Crippen LogP contribution >= 0.6 is 27.5 Å². The van der Waals surface area contributed by atoms with E-state index in [1.54, 1.807) is 18.6 Å². The number of aromatic nitrogens is 4. The van der Waals surface area contributed by atoms with Gasteiger partial charge in [0, 0.05) is 32.8 Å². The van der Waals surface area contributed by atoms with Crippen molar-refractivity contribution < 1.29 is 0 Å². The molecule has 5 rings (SSSR count). The molecule has 5 aromatic rings. The van der Waals surface area contributed by atoms with Crippen LogP contribution in [-0.2, 0) is 0 Å². The monoisotopic (exact) mass is 488 g/mol. The van der Waals surface area contributed by atoms with Crippen molar-refractivity contribution in [2.75, 3.05) is 5.43 Å². The number of benzene rings is 3. The molecule has 0 aliphatic heterocycles. The quantitative estimate of drug-likeness (QED) is 0.244. The SMILES string of the molecule is Clc1ccccc1-c1nc(N/N=C/c2ccc3nccnc3c2)nc2ccc(Br)cc12. The number of hydrogen-bond donors (Lipinski definition) is 1. The molecule has 0 bridgehead atoms. The van der Waals surface area contributed by atoms with Gasteiger partial charge in [0.25, 0.3) is 0 Å². The van der Waals surface area contributed by atoms with Crippen LogP contribution in [0, 0.1) is 0 Å². The predicted octanol–water partition coefficient (Wildman–Crippen LogP) is 6.10. The summed E-state index contributed by atoms with van der Waals surface area (Å²) in [6.07, 6.45) is 5.03. The lowest BCUT2D eigenvalue weighted by atomic mass is 10.1. The summed E-state index contributed by atoms with van der Waals surface area (Å²) in [5.74, 6) is 0.376. The molecule has 2 aromatic heterocycles. The van der Waals surface area contributed by atoms with Crippen molar-refractivity contribution in [2.24, 2.45) is 5.10 Å². The molecule has 1 N–H and O–H groups in total. The number of anilines is 1. The van der Waals surface area contributed by atoms with Crippen molar-refractivity contribution >= 4 is 61.6 Å². The van der Waals surface area contributed by atoms with E-state index in [9.17, 15) is 0 Å². The van der Waals surface area contributed by atoms with Crippen LogP contribution in [0.4, 0.5) is 5.95 Å². The van der Waals surface area contributed by atoms with E-state index in [0.29, 0.717) is 11.0 Å². The van der Waals surface area contributed by atoms with Crippen molar-refractivity contribution in [1.29, 1.82) is 0 Å².